The van der Waals surface area contributed by atoms with Gasteiger partial charge in [-0.3, -0.25) is 4.79 Å². The quantitative estimate of drug-likeness (QED) is 0.799. The molecule has 0 aliphatic heterocycles. The monoisotopic (exact) mass is 378 g/mol. The van der Waals surface area contributed by atoms with Crippen molar-refractivity contribution in [1.82, 2.24) is 0 Å². The molecule has 4 rings (SSSR count). The lowest BCUT2D eigenvalue weighted by Gasteiger charge is -2.09. The van der Waals surface area contributed by atoms with E-state index >= 15 is 0 Å². The maximum atomic E-state index is 11.2. The number of carboxylic acids is 1. The largest absolute Gasteiger partial charge is 0.481 e. The predicted molar refractivity (Wildman–Crippen MR) is 87.2 cm³/mol. The van der Waals surface area contributed by atoms with Gasteiger partial charge in [0.2, 0.25) is 0 Å². The second-order valence-corrected chi connectivity index (χ2v) is 7.11. The van der Waals surface area contributed by atoms with Crippen molar-refractivity contribution in [3.8, 4) is 0 Å². The molecule has 1 fully saturated rings. The first kappa shape index (κ1) is 12.6. The van der Waals surface area contributed by atoms with Crippen molar-refractivity contribution in [2.75, 3.05) is 0 Å². The first-order valence-corrected chi connectivity index (χ1v) is 8.18. The minimum Gasteiger partial charge on any atom is -0.481 e. The van der Waals surface area contributed by atoms with E-state index in [-0.39, 0.29) is 5.92 Å². The Hall–Kier alpha value is -1.10. The van der Waals surface area contributed by atoms with E-state index in [0.717, 1.165) is 5.92 Å². The van der Waals surface area contributed by atoms with Crippen molar-refractivity contribution < 1.29 is 9.90 Å². The molecule has 3 heteroatoms. The molecular formula is C17H15IO2. The van der Waals surface area contributed by atoms with Crippen molar-refractivity contribution in [2.45, 2.75) is 31.6 Å². The van der Waals surface area contributed by atoms with E-state index in [1.165, 1.54) is 43.9 Å². The molecule has 0 amide bonds. The van der Waals surface area contributed by atoms with Crippen LogP contribution in [-0.2, 0) is 17.6 Å². The second kappa shape index (κ2) is 4.45. The molecule has 2 nitrogen and oxygen atoms in total. The number of fused-ring (bicyclic) bond motifs is 2. The van der Waals surface area contributed by atoms with Crippen LogP contribution >= 0.6 is 22.6 Å². The summed E-state index contributed by atoms with van der Waals surface area (Å²) in [6, 6.07) is 8.97. The van der Waals surface area contributed by atoms with Gasteiger partial charge in [-0.2, -0.15) is 0 Å². The zero-order valence-electron chi connectivity index (χ0n) is 11.0. The standard InChI is InChI=1S/C17H15IO2/c18-16-14-7-10(9-1-2-9)3-4-11(14)5-12-6-13(17(19)20)8-15(12)16/h3-5,7,9,13H,1-2,6,8H2,(H,19,20). The summed E-state index contributed by atoms with van der Waals surface area (Å²) in [4.78, 5) is 11.2. The van der Waals surface area contributed by atoms with Crippen molar-refractivity contribution in [2.24, 2.45) is 5.92 Å². The highest BCUT2D eigenvalue weighted by atomic mass is 127. The van der Waals surface area contributed by atoms with Crippen molar-refractivity contribution >= 4 is 39.3 Å². The number of carbonyl (C=O) groups is 1. The Morgan fingerprint density at radius 3 is 2.70 bits per heavy atom. The third-order valence-electron chi connectivity index (χ3n) is 4.61. The van der Waals surface area contributed by atoms with Crippen LogP contribution < -0.4 is 0 Å². The van der Waals surface area contributed by atoms with E-state index in [4.69, 9.17) is 0 Å². The number of carboxylic acid groups (broad SMARTS) is 1. The highest BCUT2D eigenvalue weighted by molar-refractivity contribution is 14.1. The fourth-order valence-corrected chi connectivity index (χ4v) is 4.33. The Morgan fingerprint density at radius 1 is 1.20 bits per heavy atom. The molecule has 1 unspecified atom stereocenters. The molecule has 0 bridgehead atoms. The molecule has 0 aromatic heterocycles. The van der Waals surface area contributed by atoms with Crippen LogP contribution in [0.1, 0.15) is 35.4 Å². The SMILES string of the molecule is O=C(O)C1Cc2cc3ccc(C4CC4)cc3c(I)c2C1. The van der Waals surface area contributed by atoms with E-state index in [2.05, 4.69) is 46.9 Å². The normalized spacial score (nSPS) is 21.1. The van der Waals surface area contributed by atoms with Crippen LogP contribution in [0.15, 0.2) is 24.3 Å². The highest BCUT2D eigenvalue weighted by Gasteiger charge is 2.30. The highest BCUT2D eigenvalue weighted by Crippen LogP contribution is 2.42. The third-order valence-corrected chi connectivity index (χ3v) is 5.84. The summed E-state index contributed by atoms with van der Waals surface area (Å²) < 4.78 is 1.27. The molecule has 2 aromatic carbocycles. The van der Waals surface area contributed by atoms with Crippen LogP contribution in [-0.4, -0.2) is 11.1 Å². The number of aliphatic carboxylic acids is 1. The van der Waals surface area contributed by atoms with Gasteiger partial charge in [-0.05, 0) is 87.7 Å². The Morgan fingerprint density at radius 2 is 2.00 bits per heavy atom. The molecule has 2 aromatic rings. The van der Waals surface area contributed by atoms with Crippen molar-refractivity contribution in [3.05, 3.63) is 44.5 Å². The van der Waals surface area contributed by atoms with Crippen LogP contribution in [0.2, 0.25) is 0 Å². The van der Waals surface area contributed by atoms with E-state index in [0.29, 0.717) is 12.8 Å². The number of hydrogen-bond acceptors (Lipinski definition) is 1. The van der Waals surface area contributed by atoms with E-state index in [9.17, 15) is 9.90 Å². The third kappa shape index (κ3) is 1.94. The summed E-state index contributed by atoms with van der Waals surface area (Å²) in [5, 5.41) is 11.8. The van der Waals surface area contributed by atoms with Crippen LogP contribution in [0.5, 0.6) is 0 Å². The van der Waals surface area contributed by atoms with Crippen molar-refractivity contribution in [3.63, 3.8) is 0 Å². The summed E-state index contributed by atoms with van der Waals surface area (Å²) >= 11 is 2.41. The van der Waals surface area contributed by atoms with Gasteiger partial charge in [0.15, 0.2) is 0 Å². The van der Waals surface area contributed by atoms with Gasteiger partial charge in [-0.15, -0.1) is 0 Å². The average Bonchev–Trinajstić information content (AvgIpc) is 3.18. The summed E-state index contributed by atoms with van der Waals surface area (Å²) in [7, 11) is 0. The summed E-state index contributed by atoms with van der Waals surface area (Å²) in [5.74, 6) is -0.145. The lowest BCUT2D eigenvalue weighted by Crippen LogP contribution is -2.13. The zero-order chi connectivity index (χ0) is 13.9. The molecule has 1 atom stereocenters. The molecule has 2 aliphatic rings. The summed E-state index contributed by atoms with van der Waals surface area (Å²) in [6.45, 7) is 0. The Bertz CT molecular complexity index is 731. The Balaban J connectivity index is 1.86. The number of hydrogen-bond donors (Lipinski definition) is 1. The molecule has 0 heterocycles. The lowest BCUT2D eigenvalue weighted by molar-refractivity contribution is -0.141. The van der Waals surface area contributed by atoms with Crippen LogP contribution in [0, 0.1) is 9.49 Å². The lowest BCUT2D eigenvalue weighted by atomic mass is 9.99. The molecule has 0 spiro atoms. The van der Waals surface area contributed by atoms with Gasteiger partial charge in [-0.1, -0.05) is 18.2 Å². The fraction of sp³-hybridized carbons (Fsp3) is 0.353. The molecule has 1 N–H and O–H groups in total. The molecule has 0 radical (unpaired) electrons. The fourth-order valence-electron chi connectivity index (χ4n) is 3.30. The van der Waals surface area contributed by atoms with Gasteiger partial charge in [0.25, 0.3) is 0 Å². The van der Waals surface area contributed by atoms with Gasteiger partial charge in [-0.25, -0.2) is 0 Å². The van der Waals surface area contributed by atoms with Gasteiger partial charge < -0.3 is 5.11 Å². The minimum atomic E-state index is -0.667. The minimum absolute atomic E-state index is 0.238. The molecule has 2 aliphatic carbocycles. The molecule has 102 valence electrons. The van der Waals surface area contributed by atoms with Gasteiger partial charge in [0, 0.05) is 3.57 Å². The molecule has 20 heavy (non-hydrogen) atoms. The zero-order valence-corrected chi connectivity index (χ0v) is 13.2. The maximum Gasteiger partial charge on any atom is 0.307 e. The van der Waals surface area contributed by atoms with Crippen molar-refractivity contribution in [1.29, 1.82) is 0 Å². The van der Waals surface area contributed by atoms with E-state index < -0.39 is 5.97 Å². The summed E-state index contributed by atoms with van der Waals surface area (Å²) in [6.07, 6.45) is 4.00. The molecule has 1 saturated carbocycles. The number of halogens is 1. The molecule has 0 saturated heterocycles. The number of rotatable bonds is 2. The predicted octanol–water partition coefficient (Wildman–Crippen LogP) is 4.12. The van der Waals surface area contributed by atoms with Crippen LogP contribution in [0.4, 0.5) is 0 Å². The van der Waals surface area contributed by atoms with Crippen LogP contribution in [0.3, 0.4) is 0 Å². The topological polar surface area (TPSA) is 37.3 Å². The first-order valence-electron chi connectivity index (χ1n) is 7.10. The smallest absolute Gasteiger partial charge is 0.307 e. The van der Waals surface area contributed by atoms with Gasteiger partial charge >= 0.3 is 5.97 Å². The Labute approximate surface area is 131 Å². The van der Waals surface area contributed by atoms with Gasteiger partial charge in [0.05, 0.1) is 5.92 Å². The average molecular weight is 378 g/mol. The second-order valence-electron chi connectivity index (χ2n) is 6.03. The first-order chi connectivity index (χ1) is 9.63. The van der Waals surface area contributed by atoms with Crippen LogP contribution in [0.25, 0.3) is 10.8 Å². The Kier molecular flexibility index (Phi) is 2.81. The van der Waals surface area contributed by atoms with E-state index in [1.807, 2.05) is 0 Å². The maximum absolute atomic E-state index is 11.2. The number of benzene rings is 2. The summed E-state index contributed by atoms with van der Waals surface area (Å²) in [5.41, 5.74) is 3.94. The van der Waals surface area contributed by atoms with E-state index in [1.54, 1.807) is 0 Å². The van der Waals surface area contributed by atoms with Gasteiger partial charge in [0.1, 0.15) is 0 Å². The molecular weight excluding hydrogens is 363 g/mol.